The molecule has 0 radical (unpaired) electrons. The van der Waals surface area contributed by atoms with E-state index in [1.165, 1.54) is 5.69 Å². The van der Waals surface area contributed by atoms with Crippen molar-refractivity contribution in [3.05, 3.63) is 17.5 Å². The van der Waals surface area contributed by atoms with Crippen molar-refractivity contribution in [1.29, 1.82) is 0 Å². The molecule has 0 aliphatic carbocycles. The molecule has 1 aromatic rings. The second-order valence-corrected chi connectivity index (χ2v) is 7.25. The van der Waals surface area contributed by atoms with Crippen molar-refractivity contribution >= 4 is 6.09 Å². The first kappa shape index (κ1) is 15.3. The molecule has 1 atom stereocenters. The molecule has 3 heterocycles. The zero-order chi connectivity index (χ0) is 15.9. The SMILES string of the molecule is Cc1cc(C2CN(C(=O)OC(C)(C)C)C2)n(C2CCOC2)n1. The number of rotatable bonds is 2. The first-order chi connectivity index (χ1) is 10.3. The Labute approximate surface area is 131 Å². The Morgan fingerprint density at radius 1 is 1.41 bits per heavy atom. The standard InChI is InChI=1S/C16H25N3O3/c1-11-7-14(19(17-11)13-5-6-21-10-13)12-8-18(9-12)15(20)22-16(2,3)4/h7,12-13H,5-6,8-10H2,1-4H3. The Kier molecular flexibility index (Phi) is 3.89. The molecule has 22 heavy (non-hydrogen) atoms. The second kappa shape index (κ2) is 5.57. The molecule has 6 nitrogen and oxygen atoms in total. The number of carbonyl (C=O) groups excluding carboxylic acids is 1. The predicted molar refractivity (Wildman–Crippen MR) is 82.0 cm³/mol. The number of aromatic nitrogens is 2. The van der Waals surface area contributed by atoms with Gasteiger partial charge in [0, 0.05) is 31.3 Å². The van der Waals surface area contributed by atoms with Crippen molar-refractivity contribution in [1.82, 2.24) is 14.7 Å². The third-order valence-electron chi connectivity index (χ3n) is 4.09. The smallest absolute Gasteiger partial charge is 0.410 e. The van der Waals surface area contributed by atoms with Crippen molar-refractivity contribution in [2.75, 3.05) is 26.3 Å². The highest BCUT2D eigenvalue weighted by atomic mass is 16.6. The molecule has 2 saturated heterocycles. The van der Waals surface area contributed by atoms with Gasteiger partial charge in [-0.05, 0) is 40.2 Å². The summed E-state index contributed by atoms with van der Waals surface area (Å²) >= 11 is 0. The number of ether oxygens (including phenoxy) is 2. The zero-order valence-corrected chi connectivity index (χ0v) is 13.8. The zero-order valence-electron chi connectivity index (χ0n) is 13.8. The van der Waals surface area contributed by atoms with E-state index in [2.05, 4.69) is 15.8 Å². The van der Waals surface area contributed by atoms with Crippen molar-refractivity contribution in [3.8, 4) is 0 Å². The maximum Gasteiger partial charge on any atom is 0.410 e. The highest BCUT2D eigenvalue weighted by Gasteiger charge is 2.37. The van der Waals surface area contributed by atoms with Gasteiger partial charge in [-0.3, -0.25) is 4.68 Å². The fourth-order valence-corrected chi connectivity index (χ4v) is 2.99. The van der Waals surface area contributed by atoms with Crippen LogP contribution < -0.4 is 0 Å². The summed E-state index contributed by atoms with van der Waals surface area (Å²) in [7, 11) is 0. The maximum absolute atomic E-state index is 12.0. The van der Waals surface area contributed by atoms with Crippen molar-refractivity contribution in [2.45, 2.75) is 51.7 Å². The number of nitrogens with zero attached hydrogens (tertiary/aromatic N) is 3. The lowest BCUT2D eigenvalue weighted by Crippen LogP contribution is -2.50. The molecule has 122 valence electrons. The lowest BCUT2D eigenvalue weighted by Gasteiger charge is -2.40. The first-order valence-corrected chi connectivity index (χ1v) is 7.95. The Bertz CT molecular complexity index is 549. The predicted octanol–water partition coefficient (Wildman–Crippen LogP) is 2.49. The molecule has 6 heteroatoms. The van der Waals surface area contributed by atoms with Crippen LogP contribution in [0.15, 0.2) is 6.07 Å². The summed E-state index contributed by atoms with van der Waals surface area (Å²) in [4.78, 5) is 13.8. The quantitative estimate of drug-likeness (QED) is 0.842. The summed E-state index contributed by atoms with van der Waals surface area (Å²) in [6.07, 6.45) is 0.784. The largest absolute Gasteiger partial charge is 0.444 e. The number of carbonyl (C=O) groups is 1. The fraction of sp³-hybridized carbons (Fsp3) is 0.750. The molecule has 0 N–H and O–H groups in total. The van der Waals surface area contributed by atoms with Crippen LogP contribution in [0.25, 0.3) is 0 Å². The van der Waals surface area contributed by atoms with Crippen LogP contribution in [-0.4, -0.2) is 52.7 Å². The lowest BCUT2D eigenvalue weighted by atomic mass is 9.96. The van der Waals surface area contributed by atoms with Crippen LogP contribution in [0.5, 0.6) is 0 Å². The lowest BCUT2D eigenvalue weighted by molar-refractivity contribution is 0.00734. The number of likely N-dealkylation sites (tertiary alicyclic amines) is 1. The van der Waals surface area contributed by atoms with Gasteiger partial charge in [-0.25, -0.2) is 4.79 Å². The van der Waals surface area contributed by atoms with Crippen LogP contribution in [0.4, 0.5) is 4.79 Å². The van der Waals surface area contributed by atoms with Gasteiger partial charge < -0.3 is 14.4 Å². The fourth-order valence-electron chi connectivity index (χ4n) is 2.99. The van der Waals surface area contributed by atoms with E-state index in [4.69, 9.17) is 9.47 Å². The maximum atomic E-state index is 12.0. The van der Waals surface area contributed by atoms with Gasteiger partial charge in [0.15, 0.2) is 0 Å². The van der Waals surface area contributed by atoms with Crippen molar-refractivity contribution in [2.24, 2.45) is 0 Å². The van der Waals surface area contributed by atoms with E-state index < -0.39 is 5.60 Å². The van der Waals surface area contributed by atoms with E-state index in [9.17, 15) is 4.79 Å². The summed E-state index contributed by atoms with van der Waals surface area (Å²) in [5.41, 5.74) is 1.80. The monoisotopic (exact) mass is 307 g/mol. The van der Waals surface area contributed by atoms with Crippen LogP contribution in [0.3, 0.4) is 0 Å². The summed E-state index contributed by atoms with van der Waals surface area (Å²) < 4.78 is 13.0. The number of hydrogen-bond donors (Lipinski definition) is 0. The van der Waals surface area contributed by atoms with Gasteiger partial charge in [0.25, 0.3) is 0 Å². The molecule has 1 unspecified atom stereocenters. The molecule has 0 aromatic carbocycles. The minimum absolute atomic E-state index is 0.226. The number of hydrogen-bond acceptors (Lipinski definition) is 4. The summed E-state index contributed by atoms with van der Waals surface area (Å²) in [5.74, 6) is 0.342. The van der Waals surface area contributed by atoms with E-state index in [1.807, 2.05) is 27.7 Å². The third kappa shape index (κ3) is 3.11. The molecule has 2 fully saturated rings. The van der Waals surface area contributed by atoms with Crippen LogP contribution in [0.2, 0.25) is 0 Å². The van der Waals surface area contributed by atoms with Crippen LogP contribution in [-0.2, 0) is 9.47 Å². The van der Waals surface area contributed by atoms with Crippen molar-refractivity contribution < 1.29 is 14.3 Å². The molecule has 1 aromatic heterocycles. The molecule has 0 spiro atoms. The van der Waals surface area contributed by atoms with Crippen molar-refractivity contribution in [3.63, 3.8) is 0 Å². The second-order valence-electron chi connectivity index (χ2n) is 7.25. The average molecular weight is 307 g/mol. The van der Waals surface area contributed by atoms with E-state index >= 15 is 0 Å². The van der Waals surface area contributed by atoms with Gasteiger partial charge in [-0.2, -0.15) is 5.10 Å². The highest BCUT2D eigenvalue weighted by molar-refractivity contribution is 5.69. The summed E-state index contributed by atoms with van der Waals surface area (Å²) in [6, 6.07) is 2.47. The van der Waals surface area contributed by atoms with E-state index in [-0.39, 0.29) is 6.09 Å². The highest BCUT2D eigenvalue weighted by Crippen LogP contribution is 2.32. The normalized spacial score (nSPS) is 22.7. The van der Waals surface area contributed by atoms with Gasteiger partial charge in [-0.1, -0.05) is 0 Å². The van der Waals surface area contributed by atoms with Gasteiger partial charge in [0.05, 0.1) is 18.3 Å². The summed E-state index contributed by atoms with van der Waals surface area (Å²) in [5, 5.41) is 4.63. The van der Waals surface area contributed by atoms with Gasteiger partial charge in [0.1, 0.15) is 5.60 Å². The minimum Gasteiger partial charge on any atom is -0.444 e. The molecule has 0 bridgehead atoms. The third-order valence-corrected chi connectivity index (χ3v) is 4.09. The van der Waals surface area contributed by atoms with E-state index in [0.717, 1.165) is 25.3 Å². The van der Waals surface area contributed by atoms with Gasteiger partial charge in [-0.15, -0.1) is 0 Å². The molecule has 2 aliphatic heterocycles. The Morgan fingerprint density at radius 3 is 2.73 bits per heavy atom. The minimum atomic E-state index is -0.443. The molecule has 1 amide bonds. The van der Waals surface area contributed by atoms with Crippen LogP contribution >= 0.6 is 0 Å². The first-order valence-electron chi connectivity index (χ1n) is 7.95. The molecular weight excluding hydrogens is 282 g/mol. The molecule has 3 rings (SSSR count). The Balaban J connectivity index is 1.64. The van der Waals surface area contributed by atoms with Gasteiger partial charge in [0.2, 0.25) is 0 Å². The Hall–Kier alpha value is -1.56. The molecule has 2 aliphatic rings. The van der Waals surface area contributed by atoms with Crippen LogP contribution in [0, 0.1) is 6.92 Å². The van der Waals surface area contributed by atoms with E-state index in [0.29, 0.717) is 25.0 Å². The van der Waals surface area contributed by atoms with Gasteiger partial charge >= 0.3 is 6.09 Å². The Morgan fingerprint density at radius 2 is 2.14 bits per heavy atom. The summed E-state index contributed by atoms with van der Waals surface area (Å²) in [6.45, 7) is 10.6. The topological polar surface area (TPSA) is 56.6 Å². The number of amides is 1. The van der Waals surface area contributed by atoms with Crippen LogP contribution in [0.1, 0.15) is 50.5 Å². The molecular formula is C16H25N3O3. The molecule has 0 saturated carbocycles. The number of aryl methyl sites for hydroxylation is 1. The van der Waals surface area contributed by atoms with E-state index in [1.54, 1.807) is 4.90 Å². The average Bonchev–Trinajstić information content (AvgIpc) is 2.93.